The lowest BCUT2D eigenvalue weighted by Gasteiger charge is -2.11. The summed E-state index contributed by atoms with van der Waals surface area (Å²) in [4.78, 5) is 21.2. The van der Waals surface area contributed by atoms with Crippen LogP contribution in [0.4, 0.5) is 0 Å². The number of carbonyl (C=O) groups is 1. The SMILES string of the molecule is Cc1cc2nccc(Oc3ccc(CC(=O)Cc4cn(C(C)C)cn4)cc3)c2cc1C. The first-order valence-corrected chi connectivity index (χ1v) is 10.6. The van der Waals surface area contributed by atoms with Gasteiger partial charge in [0.1, 0.15) is 17.3 Å². The van der Waals surface area contributed by atoms with Crippen molar-refractivity contribution in [3.05, 3.63) is 83.6 Å². The molecule has 0 aliphatic heterocycles. The third-order valence-corrected chi connectivity index (χ3v) is 5.50. The summed E-state index contributed by atoms with van der Waals surface area (Å²) in [7, 11) is 0. The van der Waals surface area contributed by atoms with Crippen LogP contribution in [-0.2, 0) is 17.6 Å². The van der Waals surface area contributed by atoms with Crippen LogP contribution < -0.4 is 4.74 Å². The van der Waals surface area contributed by atoms with E-state index in [-0.39, 0.29) is 5.78 Å². The van der Waals surface area contributed by atoms with Crippen LogP contribution in [0.5, 0.6) is 11.5 Å². The number of imidazole rings is 1. The third-order valence-electron chi connectivity index (χ3n) is 5.50. The van der Waals surface area contributed by atoms with E-state index in [1.807, 2.05) is 41.1 Å². The second-order valence-corrected chi connectivity index (χ2v) is 8.31. The fourth-order valence-corrected chi connectivity index (χ4v) is 3.52. The van der Waals surface area contributed by atoms with Crippen molar-refractivity contribution in [1.82, 2.24) is 14.5 Å². The highest BCUT2D eigenvalue weighted by molar-refractivity contribution is 5.86. The summed E-state index contributed by atoms with van der Waals surface area (Å²) in [5.74, 6) is 1.66. The molecule has 2 aromatic carbocycles. The van der Waals surface area contributed by atoms with Crippen LogP contribution in [0.25, 0.3) is 10.9 Å². The number of hydrogen-bond donors (Lipinski definition) is 0. The minimum atomic E-state index is 0.147. The lowest BCUT2D eigenvalue weighted by molar-refractivity contribution is -0.117. The number of ketones is 1. The standard InChI is InChI=1S/C26H27N3O2/c1-17(2)29-15-21(28-16-29)14-22(30)13-20-5-7-23(8-6-20)31-26-9-10-27-25-12-19(4)18(3)11-24(25)26/h5-12,15-17H,13-14H2,1-4H3. The molecule has 0 unspecified atom stereocenters. The van der Waals surface area contributed by atoms with Gasteiger partial charge in [-0.05, 0) is 74.7 Å². The van der Waals surface area contributed by atoms with E-state index in [9.17, 15) is 4.79 Å². The van der Waals surface area contributed by atoms with E-state index in [1.54, 1.807) is 12.5 Å². The molecule has 0 radical (unpaired) electrons. The molecule has 2 aromatic heterocycles. The molecule has 0 N–H and O–H groups in total. The maximum Gasteiger partial charge on any atom is 0.143 e. The van der Waals surface area contributed by atoms with Crippen molar-refractivity contribution in [1.29, 1.82) is 0 Å². The smallest absolute Gasteiger partial charge is 0.143 e. The second-order valence-electron chi connectivity index (χ2n) is 8.31. The number of benzene rings is 2. The van der Waals surface area contributed by atoms with Crippen LogP contribution in [-0.4, -0.2) is 20.3 Å². The lowest BCUT2D eigenvalue weighted by atomic mass is 10.1. The lowest BCUT2D eigenvalue weighted by Crippen LogP contribution is -2.07. The predicted octanol–water partition coefficient (Wildman–Crippen LogP) is 5.78. The van der Waals surface area contributed by atoms with Gasteiger partial charge in [0.25, 0.3) is 0 Å². The summed E-state index contributed by atoms with van der Waals surface area (Å²) in [5, 5.41) is 0.991. The number of aryl methyl sites for hydroxylation is 2. The average Bonchev–Trinajstić information content (AvgIpc) is 3.19. The van der Waals surface area contributed by atoms with Crippen molar-refractivity contribution >= 4 is 16.7 Å². The summed E-state index contributed by atoms with van der Waals surface area (Å²) in [6.45, 7) is 8.35. The van der Waals surface area contributed by atoms with E-state index in [1.165, 1.54) is 11.1 Å². The zero-order valence-electron chi connectivity index (χ0n) is 18.4. The molecule has 4 aromatic rings. The zero-order chi connectivity index (χ0) is 22.0. The van der Waals surface area contributed by atoms with Crippen LogP contribution in [0.3, 0.4) is 0 Å². The van der Waals surface area contributed by atoms with E-state index in [4.69, 9.17) is 4.74 Å². The Bertz CT molecular complexity index is 1220. The Morgan fingerprint density at radius 3 is 2.45 bits per heavy atom. The van der Waals surface area contributed by atoms with Crippen LogP contribution in [0.15, 0.2) is 61.2 Å². The molecule has 0 amide bonds. The molecule has 0 saturated carbocycles. The highest BCUT2D eigenvalue weighted by atomic mass is 16.5. The normalized spacial score (nSPS) is 11.3. The third kappa shape index (κ3) is 4.82. The molecule has 5 heteroatoms. The highest BCUT2D eigenvalue weighted by Crippen LogP contribution is 2.30. The van der Waals surface area contributed by atoms with E-state index >= 15 is 0 Å². The van der Waals surface area contributed by atoms with Crippen molar-refractivity contribution in [3.63, 3.8) is 0 Å². The summed E-state index contributed by atoms with van der Waals surface area (Å²) < 4.78 is 8.14. The van der Waals surface area contributed by atoms with Gasteiger partial charge < -0.3 is 9.30 Å². The van der Waals surface area contributed by atoms with Crippen LogP contribution in [0, 0.1) is 13.8 Å². The Kier molecular flexibility index (Phi) is 5.85. The van der Waals surface area contributed by atoms with E-state index in [0.29, 0.717) is 18.9 Å². The topological polar surface area (TPSA) is 57.0 Å². The van der Waals surface area contributed by atoms with Gasteiger partial charge in [0, 0.05) is 30.2 Å². The van der Waals surface area contributed by atoms with Crippen molar-refractivity contribution in [2.75, 3.05) is 0 Å². The summed E-state index contributed by atoms with van der Waals surface area (Å²) in [5.41, 5.74) is 5.11. The summed E-state index contributed by atoms with van der Waals surface area (Å²) >= 11 is 0. The molecular formula is C26H27N3O2. The number of hydrogen-bond acceptors (Lipinski definition) is 4. The van der Waals surface area contributed by atoms with Crippen molar-refractivity contribution in [2.24, 2.45) is 0 Å². The van der Waals surface area contributed by atoms with Gasteiger partial charge in [-0.3, -0.25) is 9.78 Å². The minimum Gasteiger partial charge on any atom is -0.457 e. The van der Waals surface area contributed by atoms with Crippen LogP contribution in [0.2, 0.25) is 0 Å². The maximum absolute atomic E-state index is 12.5. The molecule has 31 heavy (non-hydrogen) atoms. The molecular weight excluding hydrogens is 386 g/mol. The second kappa shape index (κ2) is 8.72. The van der Waals surface area contributed by atoms with Gasteiger partial charge in [0.2, 0.25) is 0 Å². The number of Topliss-reactive ketones (excluding diaryl/α,β-unsaturated/α-hetero) is 1. The Morgan fingerprint density at radius 1 is 1.00 bits per heavy atom. The van der Waals surface area contributed by atoms with E-state index in [2.05, 4.69) is 49.8 Å². The molecule has 158 valence electrons. The molecule has 4 rings (SSSR count). The number of aromatic nitrogens is 3. The molecule has 0 aliphatic carbocycles. The molecule has 0 bridgehead atoms. The van der Waals surface area contributed by atoms with Crippen molar-refractivity contribution in [2.45, 2.75) is 46.6 Å². The van der Waals surface area contributed by atoms with Crippen LogP contribution in [0.1, 0.15) is 42.3 Å². The number of nitrogens with zero attached hydrogens (tertiary/aromatic N) is 3. The first kappa shape index (κ1) is 20.8. The number of fused-ring (bicyclic) bond motifs is 1. The number of carbonyl (C=O) groups excluding carboxylic acids is 1. The molecule has 5 nitrogen and oxygen atoms in total. The highest BCUT2D eigenvalue weighted by Gasteiger charge is 2.10. The Balaban J connectivity index is 1.43. The molecule has 2 heterocycles. The summed E-state index contributed by atoms with van der Waals surface area (Å²) in [6.07, 6.45) is 6.22. The van der Waals surface area contributed by atoms with Gasteiger partial charge in [-0.1, -0.05) is 12.1 Å². The Labute approximate surface area is 182 Å². The number of rotatable bonds is 7. The minimum absolute atomic E-state index is 0.147. The Hall–Kier alpha value is -3.47. The number of ether oxygens (including phenoxy) is 1. The van der Waals surface area contributed by atoms with Crippen molar-refractivity contribution in [3.8, 4) is 11.5 Å². The van der Waals surface area contributed by atoms with Gasteiger partial charge in [0.05, 0.1) is 24.0 Å². The first-order chi connectivity index (χ1) is 14.9. The van der Waals surface area contributed by atoms with E-state index < -0.39 is 0 Å². The van der Waals surface area contributed by atoms with Gasteiger partial charge in [-0.15, -0.1) is 0 Å². The molecule has 0 spiro atoms. The largest absolute Gasteiger partial charge is 0.457 e. The number of pyridine rings is 1. The predicted molar refractivity (Wildman–Crippen MR) is 123 cm³/mol. The molecule has 0 atom stereocenters. The van der Waals surface area contributed by atoms with Crippen LogP contribution >= 0.6 is 0 Å². The van der Waals surface area contributed by atoms with Crippen molar-refractivity contribution < 1.29 is 9.53 Å². The maximum atomic E-state index is 12.5. The fourth-order valence-electron chi connectivity index (χ4n) is 3.52. The first-order valence-electron chi connectivity index (χ1n) is 10.6. The average molecular weight is 414 g/mol. The molecule has 0 saturated heterocycles. The van der Waals surface area contributed by atoms with Gasteiger partial charge in [-0.25, -0.2) is 4.98 Å². The monoisotopic (exact) mass is 413 g/mol. The van der Waals surface area contributed by atoms with Gasteiger partial charge in [0.15, 0.2) is 0 Å². The van der Waals surface area contributed by atoms with Gasteiger partial charge in [-0.2, -0.15) is 0 Å². The van der Waals surface area contributed by atoms with Gasteiger partial charge >= 0.3 is 0 Å². The zero-order valence-corrected chi connectivity index (χ0v) is 18.4. The summed E-state index contributed by atoms with van der Waals surface area (Å²) in [6, 6.07) is 14.1. The van der Waals surface area contributed by atoms with E-state index in [0.717, 1.165) is 33.7 Å². The quantitative estimate of drug-likeness (QED) is 0.386. The molecule has 0 fully saturated rings. The fraction of sp³-hybridized carbons (Fsp3) is 0.269. The molecule has 0 aliphatic rings. The Morgan fingerprint density at radius 2 is 1.74 bits per heavy atom.